The van der Waals surface area contributed by atoms with Gasteiger partial charge in [0, 0.05) is 17.9 Å². The topological polar surface area (TPSA) is 50.4 Å². The molecule has 1 aliphatic rings. The fourth-order valence-corrected chi connectivity index (χ4v) is 2.70. The summed E-state index contributed by atoms with van der Waals surface area (Å²) >= 11 is 1.78. The van der Waals surface area contributed by atoms with E-state index < -0.39 is 0 Å². The lowest BCUT2D eigenvalue weighted by Crippen LogP contribution is -2.31. The molecule has 0 aromatic carbocycles. The second kappa shape index (κ2) is 4.91. The third-order valence-electron chi connectivity index (χ3n) is 2.57. The van der Waals surface area contributed by atoms with Gasteiger partial charge in [0.25, 0.3) is 0 Å². The Morgan fingerprint density at radius 3 is 3.06 bits per heavy atom. The highest BCUT2D eigenvalue weighted by atomic mass is 32.2. The molecule has 1 saturated heterocycles. The third kappa shape index (κ3) is 2.78. The predicted octanol–water partition coefficient (Wildman–Crippen LogP) is 2.20. The van der Waals surface area contributed by atoms with Crippen LogP contribution in [0, 0.1) is 12.8 Å². The second-order valence-corrected chi connectivity index (χ2v) is 5.37. The fraction of sp³-hybridized carbons (Fsp3) is 0.636. The second-order valence-electron chi connectivity index (χ2n) is 4.36. The molecular weight excluding hydrogens is 222 g/mol. The number of hydrogen-bond acceptors (Lipinski definition) is 4. The molecule has 5 heteroatoms. The molecule has 0 bridgehead atoms. The van der Waals surface area contributed by atoms with Crippen LogP contribution in [-0.4, -0.2) is 22.1 Å². The van der Waals surface area contributed by atoms with Crippen molar-refractivity contribution in [3.8, 4) is 0 Å². The van der Waals surface area contributed by atoms with E-state index in [9.17, 15) is 0 Å². The highest BCUT2D eigenvalue weighted by Gasteiger charge is 2.22. The van der Waals surface area contributed by atoms with E-state index in [1.165, 1.54) is 0 Å². The van der Waals surface area contributed by atoms with Gasteiger partial charge in [-0.15, -0.1) is 0 Å². The summed E-state index contributed by atoms with van der Waals surface area (Å²) in [6, 6.07) is 2.46. The average molecular weight is 239 g/mol. The Morgan fingerprint density at radius 1 is 1.69 bits per heavy atom. The lowest BCUT2D eigenvalue weighted by Gasteiger charge is -2.12. The third-order valence-corrected chi connectivity index (χ3v) is 3.61. The Hall–Kier alpha value is -0.970. The van der Waals surface area contributed by atoms with Crippen molar-refractivity contribution in [1.82, 2.24) is 10.5 Å². The minimum atomic E-state index is 0.542. The van der Waals surface area contributed by atoms with Gasteiger partial charge in [0.2, 0.25) is 0 Å². The number of hydrogen-bond donors (Lipinski definition) is 1. The molecule has 1 aromatic rings. The molecule has 0 aliphatic carbocycles. The molecule has 1 aromatic heterocycles. The summed E-state index contributed by atoms with van der Waals surface area (Å²) in [6.45, 7) is 6.93. The van der Waals surface area contributed by atoms with Crippen LogP contribution >= 0.6 is 11.8 Å². The number of aryl methyl sites for hydroxylation is 1. The van der Waals surface area contributed by atoms with Gasteiger partial charge < -0.3 is 9.84 Å². The maximum absolute atomic E-state index is 5.10. The molecule has 4 nitrogen and oxygen atoms in total. The van der Waals surface area contributed by atoms with Gasteiger partial charge >= 0.3 is 0 Å². The van der Waals surface area contributed by atoms with Crippen molar-refractivity contribution in [3.05, 3.63) is 17.5 Å². The SMILES string of the molecule is Cc1cc(CN=C2N[C@@H](C(C)C)CS2)on1. The Morgan fingerprint density at radius 2 is 2.50 bits per heavy atom. The summed E-state index contributed by atoms with van der Waals surface area (Å²) in [7, 11) is 0. The van der Waals surface area contributed by atoms with Crippen molar-refractivity contribution in [2.75, 3.05) is 5.75 Å². The molecule has 2 rings (SSSR count). The standard InChI is InChI=1S/C11H17N3OS/c1-7(2)10-6-16-11(13-10)12-5-9-4-8(3)14-15-9/h4,7,10H,5-6H2,1-3H3,(H,12,13)/t10-/m1/s1. The minimum absolute atomic E-state index is 0.542. The van der Waals surface area contributed by atoms with Crippen LogP contribution in [0.2, 0.25) is 0 Å². The molecule has 16 heavy (non-hydrogen) atoms. The van der Waals surface area contributed by atoms with Crippen molar-refractivity contribution in [2.24, 2.45) is 10.9 Å². The first-order valence-corrected chi connectivity index (χ1v) is 6.49. The quantitative estimate of drug-likeness (QED) is 0.878. The molecule has 0 saturated carbocycles. The molecule has 1 atom stereocenters. The van der Waals surface area contributed by atoms with Crippen LogP contribution in [0.15, 0.2) is 15.6 Å². The van der Waals surface area contributed by atoms with E-state index in [4.69, 9.17) is 4.52 Å². The summed E-state index contributed by atoms with van der Waals surface area (Å²) in [4.78, 5) is 4.47. The van der Waals surface area contributed by atoms with E-state index in [0.717, 1.165) is 22.4 Å². The molecule has 0 radical (unpaired) electrons. The lowest BCUT2D eigenvalue weighted by atomic mass is 10.1. The zero-order valence-electron chi connectivity index (χ0n) is 9.86. The average Bonchev–Trinajstić information content (AvgIpc) is 2.83. The Balaban J connectivity index is 1.90. The van der Waals surface area contributed by atoms with Crippen LogP contribution in [0.1, 0.15) is 25.3 Å². The van der Waals surface area contributed by atoms with Crippen molar-refractivity contribution in [3.63, 3.8) is 0 Å². The zero-order chi connectivity index (χ0) is 11.5. The molecule has 1 fully saturated rings. The molecule has 1 N–H and O–H groups in total. The van der Waals surface area contributed by atoms with Gasteiger partial charge in [-0.25, -0.2) is 0 Å². The van der Waals surface area contributed by atoms with Crippen LogP contribution in [0.3, 0.4) is 0 Å². The van der Waals surface area contributed by atoms with Gasteiger partial charge in [-0.2, -0.15) is 0 Å². The van der Waals surface area contributed by atoms with Gasteiger partial charge in [-0.3, -0.25) is 4.99 Å². The summed E-state index contributed by atoms with van der Waals surface area (Å²) in [6.07, 6.45) is 0. The number of nitrogens with one attached hydrogen (secondary N) is 1. The molecule has 1 aliphatic heterocycles. The minimum Gasteiger partial charge on any atom is -0.361 e. The van der Waals surface area contributed by atoms with Gasteiger partial charge in [0.1, 0.15) is 6.54 Å². The van der Waals surface area contributed by atoms with Gasteiger partial charge in [0.15, 0.2) is 10.9 Å². The smallest absolute Gasteiger partial charge is 0.158 e. The monoisotopic (exact) mass is 239 g/mol. The summed E-state index contributed by atoms with van der Waals surface area (Å²) in [5.74, 6) is 2.57. The Bertz CT molecular complexity index is 386. The van der Waals surface area contributed by atoms with E-state index in [2.05, 4.69) is 29.3 Å². The first-order chi connectivity index (χ1) is 7.65. The number of amidine groups is 1. The Labute approximate surface area is 99.9 Å². The highest BCUT2D eigenvalue weighted by Crippen LogP contribution is 2.19. The molecule has 0 spiro atoms. The first kappa shape index (κ1) is 11.5. The molecule has 88 valence electrons. The van der Waals surface area contributed by atoms with Crippen LogP contribution in [0.25, 0.3) is 0 Å². The number of aromatic nitrogens is 1. The molecule has 0 amide bonds. The van der Waals surface area contributed by atoms with Crippen LogP contribution in [-0.2, 0) is 6.54 Å². The van der Waals surface area contributed by atoms with Crippen molar-refractivity contribution >= 4 is 16.9 Å². The van der Waals surface area contributed by atoms with Crippen molar-refractivity contribution in [2.45, 2.75) is 33.4 Å². The zero-order valence-corrected chi connectivity index (χ0v) is 10.7. The molecule has 0 unspecified atom stereocenters. The van der Waals surface area contributed by atoms with Crippen molar-refractivity contribution in [1.29, 1.82) is 0 Å². The van der Waals surface area contributed by atoms with Gasteiger partial charge in [-0.1, -0.05) is 30.8 Å². The number of rotatable bonds is 3. The van der Waals surface area contributed by atoms with Crippen molar-refractivity contribution < 1.29 is 4.52 Å². The molecular formula is C11H17N3OS. The van der Waals surface area contributed by atoms with Crippen LogP contribution in [0.4, 0.5) is 0 Å². The largest absolute Gasteiger partial charge is 0.361 e. The number of nitrogens with zero attached hydrogens (tertiary/aromatic N) is 2. The van der Waals surface area contributed by atoms with E-state index in [0.29, 0.717) is 18.5 Å². The lowest BCUT2D eigenvalue weighted by molar-refractivity contribution is 0.381. The fourth-order valence-electron chi connectivity index (χ4n) is 1.50. The van der Waals surface area contributed by atoms with E-state index in [-0.39, 0.29) is 0 Å². The van der Waals surface area contributed by atoms with E-state index in [1.807, 2.05) is 13.0 Å². The predicted molar refractivity (Wildman–Crippen MR) is 66.6 cm³/mol. The number of thioether (sulfide) groups is 1. The Kier molecular flexibility index (Phi) is 3.53. The van der Waals surface area contributed by atoms with Gasteiger partial charge in [-0.05, 0) is 12.8 Å². The number of aliphatic imine (C=N–C) groups is 1. The van der Waals surface area contributed by atoms with Gasteiger partial charge in [0.05, 0.1) is 5.69 Å². The molecule has 2 heterocycles. The van der Waals surface area contributed by atoms with E-state index >= 15 is 0 Å². The summed E-state index contributed by atoms with van der Waals surface area (Å²) in [5, 5.41) is 8.27. The van der Waals surface area contributed by atoms with E-state index in [1.54, 1.807) is 11.8 Å². The first-order valence-electron chi connectivity index (χ1n) is 5.51. The van der Waals surface area contributed by atoms with Crippen LogP contribution < -0.4 is 5.32 Å². The highest BCUT2D eigenvalue weighted by molar-refractivity contribution is 8.14. The summed E-state index contributed by atoms with van der Waals surface area (Å²) < 4.78 is 5.10. The normalized spacial score (nSPS) is 23.0. The maximum Gasteiger partial charge on any atom is 0.158 e. The maximum atomic E-state index is 5.10. The summed E-state index contributed by atoms with van der Waals surface area (Å²) in [5.41, 5.74) is 0.905. The van der Waals surface area contributed by atoms with Crippen LogP contribution in [0.5, 0.6) is 0 Å².